The fourth-order valence-electron chi connectivity index (χ4n) is 2.09. The minimum absolute atomic E-state index is 0.600. The maximum atomic E-state index is 5.48. The molecule has 0 atom stereocenters. The van der Waals surface area contributed by atoms with Crippen LogP contribution in [0, 0.1) is 20.8 Å². The molecule has 3 nitrogen and oxygen atoms in total. The maximum Gasteiger partial charge on any atom is 0.294 e. The van der Waals surface area contributed by atoms with Crippen molar-refractivity contribution in [2.75, 3.05) is 12.4 Å². The van der Waals surface area contributed by atoms with Crippen LogP contribution in [0.1, 0.15) is 28.1 Å². The predicted molar refractivity (Wildman–Crippen MR) is 74.1 cm³/mol. The molecule has 0 amide bonds. The van der Waals surface area contributed by atoms with Gasteiger partial charge in [-0.3, -0.25) is 0 Å². The third-order valence-electron chi connectivity index (χ3n) is 3.24. The summed E-state index contributed by atoms with van der Waals surface area (Å²) in [5.41, 5.74) is 5.09. The Labute approximate surface area is 108 Å². The van der Waals surface area contributed by atoms with Gasteiger partial charge in [0.2, 0.25) is 0 Å². The highest BCUT2D eigenvalue weighted by Crippen LogP contribution is 2.18. The lowest BCUT2D eigenvalue weighted by atomic mass is 10.0. The van der Waals surface area contributed by atoms with Gasteiger partial charge in [0.1, 0.15) is 5.76 Å². The van der Waals surface area contributed by atoms with Gasteiger partial charge in [0.25, 0.3) is 6.01 Å². The molecule has 1 aromatic carbocycles. The summed E-state index contributed by atoms with van der Waals surface area (Å²) in [7, 11) is 1.82. The smallest absolute Gasteiger partial charge is 0.294 e. The molecule has 0 radical (unpaired) electrons. The highest BCUT2D eigenvalue weighted by atomic mass is 16.4. The number of benzene rings is 1. The van der Waals surface area contributed by atoms with Gasteiger partial charge in [0, 0.05) is 7.05 Å². The average molecular weight is 244 g/mol. The lowest BCUT2D eigenvalue weighted by molar-refractivity contribution is 0.540. The number of oxazole rings is 1. The topological polar surface area (TPSA) is 38.1 Å². The zero-order valence-electron chi connectivity index (χ0n) is 11.5. The normalized spacial score (nSPS) is 10.7. The molecular weight excluding hydrogens is 224 g/mol. The fourth-order valence-corrected chi connectivity index (χ4v) is 2.09. The summed E-state index contributed by atoms with van der Waals surface area (Å²) >= 11 is 0. The Morgan fingerprint density at radius 2 is 1.94 bits per heavy atom. The van der Waals surface area contributed by atoms with Crippen LogP contribution in [-0.2, 0) is 12.8 Å². The highest BCUT2D eigenvalue weighted by Gasteiger charge is 2.09. The van der Waals surface area contributed by atoms with Gasteiger partial charge in [-0.2, -0.15) is 4.98 Å². The quantitative estimate of drug-likeness (QED) is 0.895. The number of nitrogens with one attached hydrogen (secondary N) is 1. The largest absolute Gasteiger partial charge is 0.429 e. The molecule has 96 valence electrons. The Morgan fingerprint density at radius 1 is 1.17 bits per heavy atom. The van der Waals surface area contributed by atoms with E-state index >= 15 is 0 Å². The van der Waals surface area contributed by atoms with Crippen LogP contribution in [0.15, 0.2) is 22.6 Å². The first-order chi connectivity index (χ1) is 8.60. The molecule has 0 fully saturated rings. The summed E-state index contributed by atoms with van der Waals surface area (Å²) in [6.07, 6.45) is 1.92. The zero-order valence-corrected chi connectivity index (χ0v) is 11.5. The number of aryl methyl sites for hydroxylation is 5. The van der Waals surface area contributed by atoms with E-state index in [4.69, 9.17) is 4.42 Å². The molecule has 1 aromatic heterocycles. The number of anilines is 1. The summed E-state index contributed by atoms with van der Waals surface area (Å²) in [4.78, 5) is 4.42. The van der Waals surface area contributed by atoms with Crippen molar-refractivity contribution in [3.8, 4) is 0 Å². The lowest BCUT2D eigenvalue weighted by Gasteiger charge is -2.06. The second-order valence-electron chi connectivity index (χ2n) is 4.70. The standard InChI is InChI=1S/C15H20N2O/c1-10-5-6-11(2)13(9-10)7-8-14-12(3)18-15(16-4)17-14/h5-6,9H,7-8H2,1-4H3,(H,16,17). The molecule has 0 unspecified atom stereocenters. The van der Waals surface area contributed by atoms with Crippen LogP contribution in [0.2, 0.25) is 0 Å². The van der Waals surface area contributed by atoms with E-state index < -0.39 is 0 Å². The number of rotatable bonds is 4. The van der Waals surface area contributed by atoms with Crippen LogP contribution in [0.4, 0.5) is 6.01 Å². The predicted octanol–water partition coefficient (Wildman–Crippen LogP) is 3.43. The summed E-state index contributed by atoms with van der Waals surface area (Å²) in [6, 6.07) is 7.19. The zero-order chi connectivity index (χ0) is 13.1. The maximum absolute atomic E-state index is 5.48. The first kappa shape index (κ1) is 12.7. The molecule has 3 heteroatoms. The molecule has 1 heterocycles. The number of nitrogens with zero attached hydrogens (tertiary/aromatic N) is 1. The molecular formula is C15H20N2O. The van der Waals surface area contributed by atoms with Gasteiger partial charge in [-0.15, -0.1) is 0 Å². The van der Waals surface area contributed by atoms with Crippen molar-refractivity contribution < 1.29 is 4.42 Å². The molecule has 0 spiro atoms. The van der Waals surface area contributed by atoms with E-state index in [1.165, 1.54) is 16.7 Å². The first-order valence-electron chi connectivity index (χ1n) is 6.30. The van der Waals surface area contributed by atoms with E-state index in [-0.39, 0.29) is 0 Å². The molecule has 0 aliphatic heterocycles. The first-order valence-corrected chi connectivity index (χ1v) is 6.30. The Kier molecular flexibility index (Phi) is 3.70. The van der Waals surface area contributed by atoms with Crippen molar-refractivity contribution >= 4 is 6.01 Å². The third kappa shape index (κ3) is 2.73. The lowest BCUT2D eigenvalue weighted by Crippen LogP contribution is -1.97. The van der Waals surface area contributed by atoms with E-state index in [0.717, 1.165) is 24.3 Å². The van der Waals surface area contributed by atoms with E-state index in [9.17, 15) is 0 Å². The van der Waals surface area contributed by atoms with Crippen molar-refractivity contribution in [1.82, 2.24) is 4.98 Å². The Hall–Kier alpha value is -1.77. The van der Waals surface area contributed by atoms with Gasteiger partial charge in [-0.25, -0.2) is 0 Å². The Balaban J connectivity index is 2.11. The van der Waals surface area contributed by atoms with Crippen molar-refractivity contribution in [3.63, 3.8) is 0 Å². The van der Waals surface area contributed by atoms with Crippen molar-refractivity contribution in [2.24, 2.45) is 0 Å². The van der Waals surface area contributed by atoms with Crippen molar-refractivity contribution in [3.05, 3.63) is 46.3 Å². The van der Waals surface area contributed by atoms with Crippen LogP contribution >= 0.6 is 0 Å². The average Bonchev–Trinajstić information content (AvgIpc) is 2.71. The van der Waals surface area contributed by atoms with Gasteiger partial charge in [-0.1, -0.05) is 23.8 Å². The third-order valence-corrected chi connectivity index (χ3v) is 3.24. The SMILES string of the molecule is CNc1nc(CCc2cc(C)ccc2C)c(C)o1. The second-order valence-corrected chi connectivity index (χ2v) is 4.70. The van der Waals surface area contributed by atoms with Crippen LogP contribution < -0.4 is 5.32 Å². The van der Waals surface area contributed by atoms with E-state index in [2.05, 4.69) is 42.3 Å². The molecule has 2 aromatic rings. The van der Waals surface area contributed by atoms with E-state index in [1.807, 2.05) is 14.0 Å². The minimum Gasteiger partial charge on any atom is -0.429 e. The highest BCUT2D eigenvalue weighted by molar-refractivity contribution is 5.32. The fraction of sp³-hybridized carbons (Fsp3) is 0.400. The van der Waals surface area contributed by atoms with Gasteiger partial charge in [-0.05, 0) is 44.7 Å². The van der Waals surface area contributed by atoms with Gasteiger partial charge < -0.3 is 9.73 Å². The Morgan fingerprint density at radius 3 is 2.61 bits per heavy atom. The van der Waals surface area contributed by atoms with Crippen LogP contribution in [0.25, 0.3) is 0 Å². The number of hydrogen-bond acceptors (Lipinski definition) is 3. The number of hydrogen-bond donors (Lipinski definition) is 1. The van der Waals surface area contributed by atoms with Crippen LogP contribution in [-0.4, -0.2) is 12.0 Å². The van der Waals surface area contributed by atoms with Gasteiger partial charge >= 0.3 is 0 Å². The van der Waals surface area contributed by atoms with Crippen LogP contribution in [0.3, 0.4) is 0 Å². The van der Waals surface area contributed by atoms with Gasteiger partial charge in [0.05, 0.1) is 5.69 Å². The molecule has 18 heavy (non-hydrogen) atoms. The second kappa shape index (κ2) is 5.25. The molecule has 1 N–H and O–H groups in total. The van der Waals surface area contributed by atoms with Crippen molar-refractivity contribution in [1.29, 1.82) is 0 Å². The summed E-state index contributed by atoms with van der Waals surface area (Å²) in [5, 5.41) is 2.93. The molecule has 0 saturated heterocycles. The van der Waals surface area contributed by atoms with E-state index in [1.54, 1.807) is 0 Å². The molecule has 0 aliphatic rings. The molecule has 0 saturated carbocycles. The molecule has 0 aliphatic carbocycles. The Bertz CT molecular complexity index is 543. The van der Waals surface area contributed by atoms with Crippen molar-refractivity contribution in [2.45, 2.75) is 33.6 Å². The summed E-state index contributed by atoms with van der Waals surface area (Å²) in [6.45, 7) is 6.25. The molecule has 0 bridgehead atoms. The minimum atomic E-state index is 0.600. The molecule has 2 rings (SSSR count). The summed E-state index contributed by atoms with van der Waals surface area (Å²) < 4.78 is 5.48. The van der Waals surface area contributed by atoms with E-state index in [0.29, 0.717) is 6.01 Å². The number of aromatic nitrogens is 1. The summed E-state index contributed by atoms with van der Waals surface area (Å²) in [5.74, 6) is 0.907. The van der Waals surface area contributed by atoms with Gasteiger partial charge in [0.15, 0.2) is 0 Å². The van der Waals surface area contributed by atoms with Crippen LogP contribution in [0.5, 0.6) is 0 Å². The monoisotopic (exact) mass is 244 g/mol.